The maximum Gasteiger partial charge on any atom is 0.323 e. The molecule has 2 N–H and O–H groups in total. The van der Waals surface area contributed by atoms with Crippen LogP contribution in [0.3, 0.4) is 0 Å². The SMILES string of the molecule is CCCOc1nc(NC)nc(NC2(C)CCCC2)n1. The van der Waals surface area contributed by atoms with Gasteiger partial charge in [0.25, 0.3) is 0 Å². The summed E-state index contributed by atoms with van der Waals surface area (Å²) < 4.78 is 5.49. The van der Waals surface area contributed by atoms with Gasteiger partial charge < -0.3 is 15.4 Å². The molecule has 1 aromatic rings. The number of ether oxygens (including phenoxy) is 1. The molecule has 106 valence electrons. The minimum absolute atomic E-state index is 0.0917. The molecule has 19 heavy (non-hydrogen) atoms. The Kier molecular flexibility index (Phi) is 4.39. The van der Waals surface area contributed by atoms with Crippen molar-refractivity contribution in [3.05, 3.63) is 0 Å². The van der Waals surface area contributed by atoms with Gasteiger partial charge in [-0.05, 0) is 26.2 Å². The summed E-state index contributed by atoms with van der Waals surface area (Å²) in [5, 5.41) is 6.37. The predicted molar refractivity (Wildman–Crippen MR) is 75.7 cm³/mol. The fourth-order valence-electron chi connectivity index (χ4n) is 2.33. The second-order valence-corrected chi connectivity index (χ2v) is 5.26. The molecule has 1 aromatic heterocycles. The van der Waals surface area contributed by atoms with Gasteiger partial charge in [0.15, 0.2) is 0 Å². The van der Waals surface area contributed by atoms with Crippen LogP contribution in [0.2, 0.25) is 0 Å². The van der Waals surface area contributed by atoms with E-state index >= 15 is 0 Å². The summed E-state index contributed by atoms with van der Waals surface area (Å²) in [7, 11) is 1.79. The van der Waals surface area contributed by atoms with E-state index in [1.807, 2.05) is 0 Å². The number of nitrogens with zero attached hydrogens (tertiary/aromatic N) is 3. The highest BCUT2D eigenvalue weighted by Gasteiger charge is 2.29. The van der Waals surface area contributed by atoms with E-state index in [0.717, 1.165) is 19.3 Å². The average Bonchev–Trinajstić information content (AvgIpc) is 2.82. The predicted octanol–water partition coefficient (Wildman–Crippen LogP) is 2.45. The van der Waals surface area contributed by atoms with E-state index < -0.39 is 0 Å². The molecule has 1 aliphatic rings. The first-order valence-corrected chi connectivity index (χ1v) is 7.00. The molecule has 0 aromatic carbocycles. The molecule has 1 saturated carbocycles. The topological polar surface area (TPSA) is 72.0 Å². The Bertz CT molecular complexity index is 417. The van der Waals surface area contributed by atoms with Crippen LogP contribution < -0.4 is 15.4 Å². The third kappa shape index (κ3) is 3.68. The Balaban J connectivity index is 2.14. The maximum atomic E-state index is 5.49. The zero-order valence-electron chi connectivity index (χ0n) is 12.0. The highest BCUT2D eigenvalue weighted by Crippen LogP contribution is 2.31. The molecule has 1 heterocycles. The summed E-state index contributed by atoms with van der Waals surface area (Å²) in [6.45, 7) is 4.89. The van der Waals surface area contributed by atoms with Crippen molar-refractivity contribution in [3.63, 3.8) is 0 Å². The van der Waals surface area contributed by atoms with Gasteiger partial charge in [-0.2, -0.15) is 15.0 Å². The van der Waals surface area contributed by atoms with Crippen LogP contribution in [0.1, 0.15) is 46.0 Å². The first kappa shape index (κ1) is 13.8. The third-order valence-electron chi connectivity index (χ3n) is 3.39. The Hall–Kier alpha value is -1.59. The van der Waals surface area contributed by atoms with Crippen molar-refractivity contribution >= 4 is 11.9 Å². The van der Waals surface area contributed by atoms with Gasteiger partial charge in [0, 0.05) is 12.6 Å². The Morgan fingerprint density at radius 3 is 2.47 bits per heavy atom. The molecule has 0 radical (unpaired) electrons. The molecule has 0 aliphatic heterocycles. The van der Waals surface area contributed by atoms with Crippen LogP contribution in [0.25, 0.3) is 0 Å². The van der Waals surface area contributed by atoms with E-state index in [9.17, 15) is 0 Å². The number of hydrogen-bond donors (Lipinski definition) is 2. The van der Waals surface area contributed by atoms with Gasteiger partial charge in [-0.25, -0.2) is 0 Å². The summed E-state index contributed by atoms with van der Waals surface area (Å²) in [6, 6.07) is 0.380. The van der Waals surface area contributed by atoms with E-state index in [0.29, 0.717) is 24.5 Å². The van der Waals surface area contributed by atoms with Gasteiger partial charge in [-0.1, -0.05) is 19.8 Å². The molecular weight excluding hydrogens is 242 g/mol. The summed E-state index contributed by atoms with van der Waals surface area (Å²) in [5.74, 6) is 1.13. The van der Waals surface area contributed by atoms with Gasteiger partial charge in [0.2, 0.25) is 11.9 Å². The normalized spacial score (nSPS) is 17.2. The van der Waals surface area contributed by atoms with E-state index in [2.05, 4.69) is 39.4 Å². The average molecular weight is 265 g/mol. The Labute approximate surface area is 114 Å². The molecule has 0 bridgehead atoms. The van der Waals surface area contributed by atoms with Crippen molar-refractivity contribution in [1.29, 1.82) is 0 Å². The van der Waals surface area contributed by atoms with Crippen LogP contribution in [-0.4, -0.2) is 34.1 Å². The lowest BCUT2D eigenvalue weighted by atomic mass is 10.0. The number of aromatic nitrogens is 3. The molecule has 1 aliphatic carbocycles. The van der Waals surface area contributed by atoms with E-state index in [4.69, 9.17) is 4.74 Å². The van der Waals surface area contributed by atoms with Gasteiger partial charge >= 0.3 is 6.01 Å². The molecule has 0 unspecified atom stereocenters. The van der Waals surface area contributed by atoms with E-state index in [1.54, 1.807) is 7.05 Å². The Morgan fingerprint density at radius 1 is 1.16 bits per heavy atom. The molecule has 0 spiro atoms. The summed E-state index contributed by atoms with van der Waals surface area (Å²) >= 11 is 0. The van der Waals surface area contributed by atoms with Crippen LogP contribution in [0.15, 0.2) is 0 Å². The third-order valence-corrected chi connectivity index (χ3v) is 3.39. The van der Waals surface area contributed by atoms with Crippen LogP contribution >= 0.6 is 0 Å². The smallest absolute Gasteiger partial charge is 0.323 e. The Morgan fingerprint density at radius 2 is 1.84 bits per heavy atom. The van der Waals surface area contributed by atoms with Crippen LogP contribution in [0.4, 0.5) is 11.9 Å². The van der Waals surface area contributed by atoms with Crippen molar-refractivity contribution in [1.82, 2.24) is 15.0 Å². The van der Waals surface area contributed by atoms with Crippen LogP contribution in [0.5, 0.6) is 6.01 Å². The van der Waals surface area contributed by atoms with Crippen LogP contribution in [-0.2, 0) is 0 Å². The quantitative estimate of drug-likeness (QED) is 0.823. The maximum absolute atomic E-state index is 5.49. The first-order chi connectivity index (χ1) is 9.15. The molecule has 0 saturated heterocycles. The fourth-order valence-corrected chi connectivity index (χ4v) is 2.33. The van der Waals surface area contributed by atoms with Crippen molar-refractivity contribution in [2.75, 3.05) is 24.3 Å². The molecule has 1 fully saturated rings. The number of anilines is 2. The molecule has 6 nitrogen and oxygen atoms in total. The lowest BCUT2D eigenvalue weighted by Gasteiger charge is -2.25. The number of nitrogens with one attached hydrogen (secondary N) is 2. The van der Waals surface area contributed by atoms with Gasteiger partial charge in [0.1, 0.15) is 0 Å². The lowest BCUT2D eigenvalue weighted by molar-refractivity contribution is 0.292. The van der Waals surface area contributed by atoms with Gasteiger partial charge in [-0.15, -0.1) is 0 Å². The second-order valence-electron chi connectivity index (χ2n) is 5.26. The van der Waals surface area contributed by atoms with Crippen molar-refractivity contribution in [2.45, 2.75) is 51.5 Å². The van der Waals surface area contributed by atoms with Crippen molar-refractivity contribution < 1.29 is 4.74 Å². The monoisotopic (exact) mass is 265 g/mol. The minimum Gasteiger partial charge on any atom is -0.463 e. The zero-order valence-corrected chi connectivity index (χ0v) is 12.0. The van der Waals surface area contributed by atoms with Crippen molar-refractivity contribution in [3.8, 4) is 6.01 Å². The number of rotatable bonds is 6. The van der Waals surface area contributed by atoms with Crippen molar-refractivity contribution in [2.24, 2.45) is 0 Å². The van der Waals surface area contributed by atoms with E-state index in [-0.39, 0.29) is 5.54 Å². The fraction of sp³-hybridized carbons (Fsp3) is 0.769. The standard InChI is InChI=1S/C13H23N5O/c1-4-9-19-12-16-10(14-3)15-11(17-12)18-13(2)7-5-6-8-13/h4-9H2,1-3H3,(H2,14,15,16,17,18). The molecule has 0 atom stereocenters. The molecule has 6 heteroatoms. The lowest BCUT2D eigenvalue weighted by Crippen LogP contribution is -2.32. The minimum atomic E-state index is 0.0917. The summed E-state index contributed by atoms with van der Waals surface area (Å²) in [6.07, 6.45) is 5.75. The van der Waals surface area contributed by atoms with Gasteiger partial charge in [0.05, 0.1) is 6.61 Å². The highest BCUT2D eigenvalue weighted by atomic mass is 16.5. The first-order valence-electron chi connectivity index (χ1n) is 7.00. The summed E-state index contributed by atoms with van der Waals surface area (Å²) in [5.41, 5.74) is 0.0917. The largest absolute Gasteiger partial charge is 0.463 e. The van der Waals surface area contributed by atoms with E-state index in [1.165, 1.54) is 12.8 Å². The molecular formula is C13H23N5O. The summed E-state index contributed by atoms with van der Waals surface area (Å²) in [4.78, 5) is 12.9. The van der Waals surface area contributed by atoms with Crippen LogP contribution in [0, 0.1) is 0 Å². The molecule has 2 rings (SSSR count). The number of hydrogen-bond acceptors (Lipinski definition) is 6. The van der Waals surface area contributed by atoms with Gasteiger partial charge in [-0.3, -0.25) is 0 Å². The highest BCUT2D eigenvalue weighted by molar-refractivity contribution is 5.37. The zero-order chi connectivity index (χ0) is 13.7. The second kappa shape index (κ2) is 6.04. The molecule has 0 amide bonds.